The Morgan fingerprint density at radius 3 is 2.54 bits per heavy atom. The van der Waals surface area contributed by atoms with E-state index in [0.717, 1.165) is 0 Å². The SMILES string of the molecule is COCCOC(=O)C1=C(C)N=c2s/c(=C/c3cc(OC)ccc3OC)c(=O)n2[C@@H]1c1ccccc1OC(C)C. The van der Waals surface area contributed by atoms with E-state index in [0.29, 0.717) is 43.4 Å². The van der Waals surface area contributed by atoms with Crippen LogP contribution in [0.2, 0.25) is 0 Å². The Morgan fingerprint density at radius 2 is 1.85 bits per heavy atom. The second-order valence-corrected chi connectivity index (χ2v) is 10.0. The third kappa shape index (κ3) is 5.91. The number of allylic oxidation sites excluding steroid dienone is 1. The number of benzene rings is 2. The van der Waals surface area contributed by atoms with Crippen LogP contribution >= 0.6 is 11.3 Å². The largest absolute Gasteiger partial charge is 0.497 e. The van der Waals surface area contributed by atoms with Crippen molar-refractivity contribution >= 4 is 23.4 Å². The number of hydrogen-bond acceptors (Lipinski definition) is 9. The molecule has 0 saturated heterocycles. The molecule has 4 rings (SSSR count). The first-order chi connectivity index (χ1) is 18.8. The average Bonchev–Trinajstić information content (AvgIpc) is 3.22. The van der Waals surface area contributed by atoms with Crippen LogP contribution in [0, 0.1) is 0 Å². The van der Waals surface area contributed by atoms with Crippen molar-refractivity contribution in [2.24, 2.45) is 4.99 Å². The normalized spacial score (nSPS) is 15.2. The first-order valence-corrected chi connectivity index (χ1v) is 13.3. The lowest BCUT2D eigenvalue weighted by Crippen LogP contribution is -2.40. The average molecular weight is 553 g/mol. The first kappa shape index (κ1) is 28.1. The molecule has 10 heteroatoms. The molecule has 2 aromatic carbocycles. The molecular formula is C29H32N2O7S. The topological polar surface area (TPSA) is 97.6 Å². The fourth-order valence-electron chi connectivity index (χ4n) is 4.33. The van der Waals surface area contributed by atoms with Gasteiger partial charge in [0.05, 0.1) is 42.7 Å². The number of thiazole rings is 1. The van der Waals surface area contributed by atoms with Gasteiger partial charge in [0.2, 0.25) is 0 Å². The second kappa shape index (κ2) is 12.3. The van der Waals surface area contributed by atoms with Crippen LogP contribution < -0.4 is 29.1 Å². The predicted molar refractivity (Wildman–Crippen MR) is 148 cm³/mol. The van der Waals surface area contributed by atoms with E-state index in [4.69, 9.17) is 23.7 Å². The van der Waals surface area contributed by atoms with Crippen LogP contribution in [0.5, 0.6) is 17.2 Å². The van der Waals surface area contributed by atoms with Gasteiger partial charge in [0.25, 0.3) is 5.56 Å². The predicted octanol–water partition coefficient (Wildman–Crippen LogP) is 3.23. The van der Waals surface area contributed by atoms with E-state index in [1.54, 1.807) is 45.4 Å². The Bertz CT molecular complexity index is 1570. The van der Waals surface area contributed by atoms with E-state index in [1.165, 1.54) is 23.0 Å². The highest BCUT2D eigenvalue weighted by atomic mass is 32.1. The Morgan fingerprint density at radius 1 is 1.08 bits per heavy atom. The molecule has 2 heterocycles. The fraction of sp³-hybridized carbons (Fsp3) is 0.345. The van der Waals surface area contributed by atoms with E-state index >= 15 is 0 Å². The molecule has 1 aromatic heterocycles. The third-order valence-electron chi connectivity index (χ3n) is 6.06. The number of aromatic nitrogens is 1. The van der Waals surface area contributed by atoms with Gasteiger partial charge in [-0.2, -0.15) is 0 Å². The Labute approximate surface area is 230 Å². The zero-order valence-electron chi connectivity index (χ0n) is 22.8. The summed E-state index contributed by atoms with van der Waals surface area (Å²) in [5.74, 6) is 1.22. The van der Waals surface area contributed by atoms with E-state index in [9.17, 15) is 9.59 Å². The lowest BCUT2D eigenvalue weighted by Gasteiger charge is -2.27. The van der Waals surface area contributed by atoms with Crippen LogP contribution in [0.3, 0.4) is 0 Å². The summed E-state index contributed by atoms with van der Waals surface area (Å²) < 4.78 is 29.5. The third-order valence-corrected chi connectivity index (χ3v) is 7.04. The fourth-order valence-corrected chi connectivity index (χ4v) is 5.37. The van der Waals surface area contributed by atoms with Gasteiger partial charge >= 0.3 is 5.97 Å². The molecular weight excluding hydrogens is 520 g/mol. The summed E-state index contributed by atoms with van der Waals surface area (Å²) in [6.07, 6.45) is 1.62. The number of methoxy groups -OCH3 is 3. The molecule has 3 aromatic rings. The Balaban J connectivity index is 1.95. The van der Waals surface area contributed by atoms with E-state index in [2.05, 4.69) is 4.99 Å². The number of carbonyl (C=O) groups is 1. The maximum Gasteiger partial charge on any atom is 0.338 e. The summed E-state index contributed by atoms with van der Waals surface area (Å²) in [6, 6.07) is 11.9. The van der Waals surface area contributed by atoms with Crippen LogP contribution in [-0.4, -0.2) is 51.2 Å². The molecule has 0 aliphatic carbocycles. The summed E-state index contributed by atoms with van der Waals surface area (Å²) in [7, 11) is 4.67. The van der Waals surface area contributed by atoms with Crippen molar-refractivity contribution in [3.8, 4) is 17.2 Å². The van der Waals surface area contributed by atoms with Crippen LogP contribution in [0.4, 0.5) is 0 Å². The van der Waals surface area contributed by atoms with Crippen molar-refractivity contribution in [1.82, 2.24) is 4.57 Å². The van der Waals surface area contributed by atoms with Gasteiger partial charge in [0, 0.05) is 18.2 Å². The summed E-state index contributed by atoms with van der Waals surface area (Å²) in [6.45, 7) is 5.91. The van der Waals surface area contributed by atoms with Gasteiger partial charge in [0.1, 0.15) is 29.9 Å². The number of ether oxygens (including phenoxy) is 5. The van der Waals surface area contributed by atoms with Gasteiger partial charge in [0.15, 0.2) is 4.80 Å². The van der Waals surface area contributed by atoms with Gasteiger partial charge in [-0.25, -0.2) is 9.79 Å². The summed E-state index contributed by atoms with van der Waals surface area (Å²) in [5, 5.41) is 0. The van der Waals surface area contributed by atoms with Crippen molar-refractivity contribution in [3.63, 3.8) is 0 Å². The highest BCUT2D eigenvalue weighted by molar-refractivity contribution is 7.07. The number of esters is 1. The monoisotopic (exact) mass is 552 g/mol. The molecule has 0 N–H and O–H groups in total. The minimum absolute atomic E-state index is 0.0724. The van der Waals surface area contributed by atoms with Crippen LogP contribution in [0.15, 0.2) is 63.5 Å². The van der Waals surface area contributed by atoms with Crippen LogP contribution in [-0.2, 0) is 14.3 Å². The Hall–Kier alpha value is -3.89. The molecule has 0 radical (unpaired) electrons. The van der Waals surface area contributed by atoms with Gasteiger partial charge < -0.3 is 23.7 Å². The van der Waals surface area contributed by atoms with Crippen LogP contribution in [0.25, 0.3) is 6.08 Å². The lowest BCUT2D eigenvalue weighted by atomic mass is 9.95. The number of hydrogen-bond donors (Lipinski definition) is 0. The zero-order valence-corrected chi connectivity index (χ0v) is 23.7. The number of para-hydroxylation sites is 1. The quantitative estimate of drug-likeness (QED) is 0.281. The molecule has 0 unspecified atom stereocenters. The second-order valence-electron chi connectivity index (χ2n) is 9.02. The number of rotatable bonds is 10. The van der Waals surface area contributed by atoms with Gasteiger partial charge in [-0.05, 0) is 51.1 Å². The van der Waals surface area contributed by atoms with Crippen LogP contribution in [0.1, 0.15) is 37.9 Å². The summed E-state index contributed by atoms with van der Waals surface area (Å²) in [4.78, 5) is 32.5. The molecule has 0 bridgehead atoms. The van der Waals surface area contributed by atoms with E-state index in [-0.39, 0.29) is 30.5 Å². The summed E-state index contributed by atoms with van der Waals surface area (Å²) in [5.41, 5.74) is 1.77. The highest BCUT2D eigenvalue weighted by Crippen LogP contribution is 2.36. The molecule has 0 saturated carbocycles. The summed E-state index contributed by atoms with van der Waals surface area (Å²) >= 11 is 1.23. The highest BCUT2D eigenvalue weighted by Gasteiger charge is 2.35. The molecule has 1 atom stereocenters. The van der Waals surface area contributed by atoms with Gasteiger partial charge in [-0.1, -0.05) is 29.5 Å². The lowest BCUT2D eigenvalue weighted by molar-refractivity contribution is -0.140. The minimum Gasteiger partial charge on any atom is -0.497 e. The number of carbonyl (C=O) groups excluding carboxylic acids is 1. The van der Waals surface area contributed by atoms with Gasteiger partial charge in [-0.3, -0.25) is 9.36 Å². The van der Waals surface area contributed by atoms with E-state index < -0.39 is 12.0 Å². The molecule has 1 aliphatic heterocycles. The standard InChI is InChI=1S/C29H32N2O7S/c1-17(2)38-23-10-8-7-9-21(23)26-25(28(33)37-14-13-34-4)18(3)30-29-31(26)27(32)24(39-29)16-19-15-20(35-5)11-12-22(19)36-6/h7-12,15-17,26H,13-14H2,1-6H3/b24-16+/t26-/m1/s1. The maximum atomic E-state index is 14.0. The molecule has 206 valence electrons. The zero-order chi connectivity index (χ0) is 28.1. The van der Waals surface area contributed by atoms with E-state index in [1.807, 2.05) is 38.1 Å². The molecule has 9 nitrogen and oxygen atoms in total. The number of nitrogens with zero attached hydrogens (tertiary/aromatic N) is 2. The molecule has 0 spiro atoms. The Kier molecular flexibility index (Phi) is 8.88. The molecule has 0 amide bonds. The van der Waals surface area contributed by atoms with Crippen molar-refractivity contribution in [2.75, 3.05) is 34.5 Å². The number of fused-ring (bicyclic) bond motifs is 1. The smallest absolute Gasteiger partial charge is 0.338 e. The minimum atomic E-state index is -0.805. The molecule has 0 fully saturated rings. The van der Waals surface area contributed by atoms with Crippen molar-refractivity contribution in [2.45, 2.75) is 32.9 Å². The van der Waals surface area contributed by atoms with Crippen molar-refractivity contribution in [1.29, 1.82) is 0 Å². The van der Waals surface area contributed by atoms with Crippen molar-refractivity contribution in [3.05, 3.63) is 84.5 Å². The first-order valence-electron chi connectivity index (χ1n) is 12.4. The van der Waals surface area contributed by atoms with Gasteiger partial charge in [-0.15, -0.1) is 0 Å². The molecule has 39 heavy (non-hydrogen) atoms. The van der Waals surface area contributed by atoms with Crippen molar-refractivity contribution < 1.29 is 28.5 Å². The maximum absolute atomic E-state index is 14.0. The molecule has 1 aliphatic rings.